The van der Waals surface area contributed by atoms with Crippen molar-refractivity contribution in [2.45, 2.75) is 0 Å². The lowest BCUT2D eigenvalue weighted by Gasteiger charge is -2.24. The molecule has 0 radical (unpaired) electrons. The average molecular weight is 770 g/mol. The number of hydrogen-bond donors (Lipinski definition) is 0. The van der Waals surface area contributed by atoms with Gasteiger partial charge in [0.05, 0.1) is 0 Å². The van der Waals surface area contributed by atoms with E-state index in [0.29, 0.717) is 51.3 Å². The summed E-state index contributed by atoms with van der Waals surface area (Å²) in [6.45, 7) is 0. The van der Waals surface area contributed by atoms with Crippen LogP contribution in [0.15, 0.2) is 103 Å². The SMILES string of the molecule is Fc1cc(Br)c(-c2c(Br)c(-c3ccccc3)c(-c3cc(F)c(F)cc3Br)c(Br)c2-c2ccccc2)cc1F. The zero-order valence-electron chi connectivity index (χ0n) is 19.1. The number of rotatable bonds is 4. The molecule has 0 aliphatic carbocycles. The maximum Gasteiger partial charge on any atom is 0.159 e. The molecule has 0 unspecified atom stereocenters. The lowest BCUT2D eigenvalue weighted by Crippen LogP contribution is -2.00. The zero-order valence-corrected chi connectivity index (χ0v) is 25.5. The molecule has 0 aromatic heterocycles. The summed E-state index contributed by atoms with van der Waals surface area (Å²) in [4.78, 5) is 0. The first kappa shape index (κ1) is 27.3. The molecule has 5 aromatic rings. The lowest BCUT2D eigenvalue weighted by atomic mass is 9.85. The van der Waals surface area contributed by atoms with Gasteiger partial charge in [-0.1, -0.05) is 92.5 Å². The summed E-state index contributed by atoms with van der Waals surface area (Å²) in [6, 6.07) is 23.2. The van der Waals surface area contributed by atoms with Gasteiger partial charge in [-0.3, -0.25) is 0 Å². The molecule has 0 amide bonds. The molecule has 0 saturated heterocycles. The highest BCUT2D eigenvalue weighted by atomic mass is 79.9. The fourth-order valence-electron chi connectivity index (χ4n) is 4.37. The van der Waals surface area contributed by atoms with E-state index in [0.717, 1.165) is 35.4 Å². The summed E-state index contributed by atoms with van der Waals surface area (Å²) in [5.41, 5.74) is 4.81. The molecular weight excluding hydrogens is 756 g/mol. The van der Waals surface area contributed by atoms with Gasteiger partial charge in [0.25, 0.3) is 0 Å². The predicted molar refractivity (Wildman–Crippen MR) is 159 cm³/mol. The van der Waals surface area contributed by atoms with E-state index in [4.69, 9.17) is 0 Å². The Morgan fingerprint density at radius 3 is 1.05 bits per heavy atom. The normalized spacial score (nSPS) is 11.2. The Kier molecular flexibility index (Phi) is 7.96. The number of halogens is 8. The fraction of sp³-hybridized carbons (Fsp3) is 0. The molecule has 190 valence electrons. The smallest absolute Gasteiger partial charge is 0.159 e. The Labute approximate surface area is 250 Å². The van der Waals surface area contributed by atoms with Crippen LogP contribution in [0.3, 0.4) is 0 Å². The fourth-order valence-corrected chi connectivity index (χ4v) is 7.08. The van der Waals surface area contributed by atoms with Crippen LogP contribution in [0.2, 0.25) is 0 Å². The summed E-state index contributed by atoms with van der Waals surface area (Å²) in [7, 11) is 0. The van der Waals surface area contributed by atoms with Crippen molar-refractivity contribution in [2.24, 2.45) is 0 Å². The second kappa shape index (κ2) is 11.1. The van der Waals surface area contributed by atoms with E-state index in [1.165, 1.54) is 0 Å². The lowest BCUT2D eigenvalue weighted by molar-refractivity contribution is 0.508. The molecule has 0 atom stereocenters. The first-order chi connectivity index (χ1) is 18.2. The van der Waals surface area contributed by atoms with Gasteiger partial charge >= 0.3 is 0 Å². The Balaban J connectivity index is 2.03. The maximum atomic E-state index is 14.6. The highest BCUT2D eigenvalue weighted by Gasteiger charge is 2.28. The van der Waals surface area contributed by atoms with Crippen LogP contribution >= 0.6 is 63.7 Å². The maximum absolute atomic E-state index is 14.6. The molecule has 0 nitrogen and oxygen atoms in total. The van der Waals surface area contributed by atoms with Gasteiger partial charge in [0.1, 0.15) is 0 Å². The topological polar surface area (TPSA) is 0 Å². The van der Waals surface area contributed by atoms with E-state index in [1.54, 1.807) is 0 Å². The van der Waals surface area contributed by atoms with E-state index in [1.807, 2.05) is 60.7 Å². The first-order valence-electron chi connectivity index (χ1n) is 11.1. The average Bonchev–Trinajstić information content (AvgIpc) is 2.90. The molecule has 0 heterocycles. The van der Waals surface area contributed by atoms with Crippen LogP contribution < -0.4 is 0 Å². The summed E-state index contributed by atoms with van der Waals surface area (Å²) in [5.74, 6) is -3.97. The van der Waals surface area contributed by atoms with Crippen LogP contribution in [0.5, 0.6) is 0 Å². The molecule has 0 fully saturated rings. The van der Waals surface area contributed by atoms with E-state index >= 15 is 0 Å². The van der Waals surface area contributed by atoms with Crippen molar-refractivity contribution >= 4 is 63.7 Å². The Morgan fingerprint density at radius 2 is 0.711 bits per heavy atom. The minimum Gasteiger partial charge on any atom is -0.204 e. The van der Waals surface area contributed by atoms with E-state index in [9.17, 15) is 17.6 Å². The van der Waals surface area contributed by atoms with Gasteiger partial charge in [0.2, 0.25) is 0 Å². The molecule has 0 spiro atoms. The van der Waals surface area contributed by atoms with Gasteiger partial charge in [-0.2, -0.15) is 0 Å². The van der Waals surface area contributed by atoms with Gasteiger partial charge < -0.3 is 0 Å². The van der Waals surface area contributed by atoms with Crippen LogP contribution in [0, 0.1) is 23.3 Å². The summed E-state index contributed by atoms with van der Waals surface area (Å²) in [6.07, 6.45) is 0. The third kappa shape index (κ3) is 4.92. The molecule has 0 N–H and O–H groups in total. The summed E-state index contributed by atoms with van der Waals surface area (Å²) < 4.78 is 59.3. The predicted octanol–water partition coefficient (Wildman–Crippen LogP) is 12.0. The van der Waals surface area contributed by atoms with Crippen LogP contribution in [0.1, 0.15) is 0 Å². The number of hydrogen-bond acceptors (Lipinski definition) is 0. The van der Waals surface area contributed by atoms with Crippen molar-refractivity contribution in [3.8, 4) is 44.5 Å². The third-order valence-electron chi connectivity index (χ3n) is 6.06. The van der Waals surface area contributed by atoms with Gasteiger partial charge in [-0.25, -0.2) is 17.6 Å². The van der Waals surface area contributed by atoms with E-state index < -0.39 is 23.3 Å². The molecule has 0 saturated carbocycles. The second-order valence-electron chi connectivity index (χ2n) is 8.35. The Bertz CT molecular complexity index is 1560. The molecule has 5 rings (SSSR count). The van der Waals surface area contributed by atoms with E-state index in [-0.39, 0.29) is 0 Å². The highest BCUT2D eigenvalue weighted by Crippen LogP contribution is 2.55. The quantitative estimate of drug-likeness (QED) is 0.126. The van der Waals surface area contributed by atoms with Crippen molar-refractivity contribution in [1.29, 1.82) is 0 Å². The second-order valence-corrected chi connectivity index (χ2v) is 11.6. The van der Waals surface area contributed by atoms with Gasteiger partial charge in [-0.15, -0.1) is 0 Å². The molecule has 0 bridgehead atoms. The minimum absolute atomic E-state index is 0.349. The van der Waals surface area contributed by atoms with Crippen LogP contribution in [-0.2, 0) is 0 Å². The van der Waals surface area contributed by atoms with Crippen molar-refractivity contribution in [1.82, 2.24) is 0 Å². The zero-order chi connectivity index (χ0) is 27.1. The molecule has 0 aliphatic rings. The Hall–Kier alpha value is -2.26. The van der Waals surface area contributed by atoms with Crippen LogP contribution in [-0.4, -0.2) is 0 Å². The highest BCUT2D eigenvalue weighted by molar-refractivity contribution is 9.11. The molecular formula is C30H14Br4F4. The first-order valence-corrected chi connectivity index (χ1v) is 14.3. The monoisotopic (exact) mass is 766 g/mol. The van der Waals surface area contributed by atoms with Crippen molar-refractivity contribution in [3.05, 3.63) is 126 Å². The van der Waals surface area contributed by atoms with Crippen molar-refractivity contribution in [3.63, 3.8) is 0 Å². The third-order valence-corrected chi connectivity index (χ3v) is 8.96. The summed E-state index contributed by atoms with van der Waals surface area (Å²) >= 11 is 14.4. The largest absolute Gasteiger partial charge is 0.204 e. The van der Waals surface area contributed by atoms with Gasteiger partial charge in [0, 0.05) is 51.3 Å². The molecule has 0 aliphatic heterocycles. The molecule has 38 heavy (non-hydrogen) atoms. The van der Waals surface area contributed by atoms with Crippen LogP contribution in [0.25, 0.3) is 44.5 Å². The van der Waals surface area contributed by atoms with Gasteiger partial charge in [-0.05, 0) is 67.3 Å². The Morgan fingerprint density at radius 1 is 0.395 bits per heavy atom. The molecule has 8 heteroatoms. The van der Waals surface area contributed by atoms with Gasteiger partial charge in [0.15, 0.2) is 23.3 Å². The standard InChI is InChI=1S/C30H14Br4F4/c31-19-13-23(37)21(35)11-17(19)27-25(15-7-3-1-4-8-15)29(33)28(18-12-22(36)24(38)14-20(18)32)26(30(27)34)16-9-5-2-6-10-16/h1-14H. The van der Waals surface area contributed by atoms with E-state index in [2.05, 4.69) is 63.7 Å². The number of benzene rings is 5. The summed E-state index contributed by atoms with van der Waals surface area (Å²) in [5, 5.41) is 0. The van der Waals surface area contributed by atoms with Crippen molar-refractivity contribution < 1.29 is 17.6 Å². The van der Waals surface area contributed by atoms with Crippen LogP contribution in [0.4, 0.5) is 17.6 Å². The van der Waals surface area contributed by atoms with Crippen molar-refractivity contribution in [2.75, 3.05) is 0 Å². The molecule has 5 aromatic carbocycles. The minimum atomic E-state index is -1.00.